The molecule has 0 aliphatic heterocycles. The lowest BCUT2D eigenvalue weighted by Crippen LogP contribution is -2.15. The second-order valence-corrected chi connectivity index (χ2v) is 8.97. The molecule has 1 aliphatic rings. The number of phenols is 3. The summed E-state index contributed by atoms with van der Waals surface area (Å²) in [7, 11) is -3.91. The zero-order valence-electron chi connectivity index (χ0n) is 17.1. The fourth-order valence-electron chi connectivity index (χ4n) is 3.45. The Morgan fingerprint density at radius 1 is 0.879 bits per heavy atom. The van der Waals surface area contributed by atoms with E-state index in [1.807, 2.05) is 12.2 Å². The van der Waals surface area contributed by atoms with Crippen LogP contribution in [-0.4, -0.2) is 29.6 Å². The third-order valence-electron chi connectivity index (χ3n) is 5.01. The zero-order chi connectivity index (χ0) is 23.6. The summed E-state index contributed by atoms with van der Waals surface area (Å²) in [5.41, 5.74) is 1.07. The molecule has 3 aromatic carbocycles. The van der Waals surface area contributed by atoms with Crippen molar-refractivity contribution >= 4 is 27.3 Å². The van der Waals surface area contributed by atoms with Crippen LogP contribution in [0.2, 0.25) is 0 Å². The van der Waals surface area contributed by atoms with Crippen LogP contribution in [0.4, 0.5) is 11.4 Å². The van der Waals surface area contributed by atoms with E-state index < -0.39 is 15.9 Å². The van der Waals surface area contributed by atoms with Crippen LogP contribution in [0.25, 0.3) is 0 Å². The van der Waals surface area contributed by atoms with Crippen molar-refractivity contribution in [2.45, 2.75) is 17.7 Å². The van der Waals surface area contributed by atoms with E-state index in [0.717, 1.165) is 18.2 Å². The number of nitrogens with one attached hydrogen (secondary N) is 1. The van der Waals surface area contributed by atoms with Crippen LogP contribution in [0.15, 0.2) is 81.9 Å². The highest BCUT2D eigenvalue weighted by atomic mass is 32.2. The number of azo groups is 1. The molecule has 0 saturated heterocycles. The zero-order valence-corrected chi connectivity index (χ0v) is 18.0. The van der Waals surface area contributed by atoms with E-state index in [-0.39, 0.29) is 39.1 Å². The molecule has 0 saturated carbocycles. The molecule has 0 atom stereocenters. The highest BCUT2D eigenvalue weighted by Gasteiger charge is 2.22. The summed E-state index contributed by atoms with van der Waals surface area (Å²) in [5, 5.41) is 37.2. The second kappa shape index (κ2) is 8.75. The number of aromatic hydroxyl groups is 3. The number of carbonyl (C=O) groups excluding carboxylic acids is 1. The van der Waals surface area contributed by atoms with Crippen LogP contribution >= 0.6 is 0 Å². The molecule has 1 aliphatic carbocycles. The first kappa shape index (κ1) is 22.0. The molecule has 0 spiro atoms. The lowest BCUT2D eigenvalue weighted by atomic mass is 9.93. The first-order valence-electron chi connectivity index (χ1n) is 9.84. The Kier molecular flexibility index (Phi) is 5.84. The fourth-order valence-corrected chi connectivity index (χ4v) is 4.56. The number of carbonyl (C=O) groups is 1. The molecule has 0 bridgehead atoms. The molecule has 4 N–H and O–H groups in total. The lowest BCUT2D eigenvalue weighted by Gasteiger charge is -2.19. The predicted octanol–water partition coefficient (Wildman–Crippen LogP) is 4.18. The number of amides is 1. The molecule has 0 heterocycles. The molecule has 9 nitrogen and oxygen atoms in total. The van der Waals surface area contributed by atoms with Crippen molar-refractivity contribution in [2.75, 3.05) is 4.72 Å². The standard InChI is InChI=1S/C23H19N3O6S/c27-15-10-14(11-16(28)12-15)23(30)25-24-21-13-20(18-8-4-5-9-19(18)22(21)29)26-33(31,32)17-6-2-1-3-7-17/h1-7,10-13,26-29H,8-9H2. The van der Waals surface area contributed by atoms with E-state index in [4.69, 9.17) is 0 Å². The summed E-state index contributed by atoms with van der Waals surface area (Å²) < 4.78 is 28.2. The molecule has 33 heavy (non-hydrogen) atoms. The highest BCUT2D eigenvalue weighted by Crippen LogP contribution is 2.41. The Balaban J connectivity index is 1.72. The largest absolute Gasteiger partial charge is 0.508 e. The molecule has 1 amide bonds. The number of benzene rings is 3. The van der Waals surface area contributed by atoms with Gasteiger partial charge in [-0.25, -0.2) is 8.42 Å². The van der Waals surface area contributed by atoms with Gasteiger partial charge in [-0.1, -0.05) is 30.4 Å². The molecular formula is C23H19N3O6S. The van der Waals surface area contributed by atoms with Crippen LogP contribution in [0.3, 0.4) is 0 Å². The van der Waals surface area contributed by atoms with Crippen molar-refractivity contribution in [1.82, 2.24) is 0 Å². The van der Waals surface area contributed by atoms with Crippen molar-refractivity contribution < 1.29 is 28.5 Å². The predicted molar refractivity (Wildman–Crippen MR) is 121 cm³/mol. The summed E-state index contributed by atoms with van der Waals surface area (Å²) >= 11 is 0. The van der Waals surface area contributed by atoms with Gasteiger partial charge in [-0.3, -0.25) is 9.52 Å². The van der Waals surface area contributed by atoms with Gasteiger partial charge in [0.15, 0.2) is 0 Å². The number of allylic oxidation sites excluding steroid dienone is 2. The molecule has 168 valence electrons. The maximum absolute atomic E-state index is 12.9. The topological polar surface area (TPSA) is 149 Å². The minimum Gasteiger partial charge on any atom is -0.508 e. The molecule has 0 unspecified atom stereocenters. The Bertz CT molecular complexity index is 1380. The van der Waals surface area contributed by atoms with E-state index in [9.17, 15) is 28.5 Å². The monoisotopic (exact) mass is 465 g/mol. The number of anilines is 1. The van der Waals surface area contributed by atoms with Crippen molar-refractivity contribution in [3.63, 3.8) is 0 Å². The van der Waals surface area contributed by atoms with Gasteiger partial charge in [0.2, 0.25) is 0 Å². The van der Waals surface area contributed by atoms with Gasteiger partial charge in [0.25, 0.3) is 15.9 Å². The molecular weight excluding hydrogens is 446 g/mol. The Morgan fingerprint density at radius 3 is 2.18 bits per heavy atom. The second-order valence-electron chi connectivity index (χ2n) is 7.29. The van der Waals surface area contributed by atoms with E-state index in [0.29, 0.717) is 24.0 Å². The normalized spacial score (nSPS) is 13.1. The minimum atomic E-state index is -3.91. The van der Waals surface area contributed by atoms with Crippen molar-refractivity contribution in [2.24, 2.45) is 10.2 Å². The molecule has 0 fully saturated rings. The van der Waals surface area contributed by atoms with Gasteiger partial charge in [-0.15, -0.1) is 10.2 Å². The molecule has 3 aromatic rings. The summed E-state index contributed by atoms with van der Waals surface area (Å²) in [4.78, 5) is 12.4. The van der Waals surface area contributed by atoms with Crippen LogP contribution in [0, 0.1) is 0 Å². The van der Waals surface area contributed by atoms with Crippen molar-refractivity contribution in [3.8, 4) is 17.2 Å². The van der Waals surface area contributed by atoms with Crippen LogP contribution in [-0.2, 0) is 22.9 Å². The van der Waals surface area contributed by atoms with Crippen LogP contribution in [0.5, 0.6) is 17.2 Å². The van der Waals surface area contributed by atoms with Gasteiger partial charge in [-0.2, -0.15) is 0 Å². The molecule has 10 heteroatoms. The average molecular weight is 465 g/mol. The van der Waals surface area contributed by atoms with Crippen LogP contribution < -0.4 is 4.72 Å². The number of phenolic OH excluding ortho intramolecular Hbond substituents is 3. The Morgan fingerprint density at radius 2 is 1.52 bits per heavy atom. The van der Waals surface area contributed by atoms with Gasteiger partial charge < -0.3 is 15.3 Å². The summed E-state index contributed by atoms with van der Waals surface area (Å²) in [6.45, 7) is 0. The summed E-state index contributed by atoms with van der Waals surface area (Å²) in [6.07, 6.45) is 4.44. The lowest BCUT2D eigenvalue weighted by molar-refractivity contribution is 0.0994. The van der Waals surface area contributed by atoms with Crippen molar-refractivity contribution in [1.29, 1.82) is 0 Å². The molecule has 0 aromatic heterocycles. The minimum absolute atomic E-state index is 0.0697. The number of hydrogen-bond acceptors (Lipinski definition) is 7. The quantitative estimate of drug-likeness (QED) is 0.252. The van der Waals surface area contributed by atoms with Gasteiger partial charge >= 0.3 is 0 Å². The first-order valence-corrected chi connectivity index (χ1v) is 11.3. The maximum atomic E-state index is 12.9. The van der Waals surface area contributed by atoms with Gasteiger partial charge in [-0.05, 0) is 48.7 Å². The van der Waals surface area contributed by atoms with E-state index in [2.05, 4.69) is 15.0 Å². The Hall–Kier alpha value is -4.18. The third-order valence-corrected chi connectivity index (χ3v) is 6.39. The smallest absolute Gasteiger partial charge is 0.295 e. The summed E-state index contributed by atoms with van der Waals surface area (Å²) in [6, 6.07) is 12.4. The number of nitrogens with zero attached hydrogens (tertiary/aromatic N) is 2. The Labute approximate surface area is 189 Å². The van der Waals surface area contributed by atoms with E-state index in [1.54, 1.807) is 18.2 Å². The number of hydrogen-bond donors (Lipinski definition) is 4. The molecule has 4 rings (SSSR count). The molecule has 0 radical (unpaired) electrons. The van der Waals surface area contributed by atoms with E-state index in [1.165, 1.54) is 18.2 Å². The van der Waals surface area contributed by atoms with Crippen LogP contribution in [0.1, 0.15) is 21.5 Å². The van der Waals surface area contributed by atoms with Gasteiger partial charge in [0.1, 0.15) is 22.9 Å². The fraction of sp³-hybridized carbons (Fsp3) is 0.0870. The maximum Gasteiger partial charge on any atom is 0.295 e. The van der Waals surface area contributed by atoms with Gasteiger partial charge in [0, 0.05) is 11.6 Å². The average Bonchev–Trinajstić information content (AvgIpc) is 2.79. The summed E-state index contributed by atoms with van der Waals surface area (Å²) in [5.74, 6) is -1.74. The van der Waals surface area contributed by atoms with E-state index >= 15 is 0 Å². The first-order chi connectivity index (χ1) is 15.7. The number of rotatable bonds is 5. The van der Waals surface area contributed by atoms with Crippen molar-refractivity contribution in [3.05, 3.63) is 83.4 Å². The number of sulfonamides is 1. The van der Waals surface area contributed by atoms with Gasteiger partial charge in [0.05, 0.1) is 16.1 Å². The highest BCUT2D eigenvalue weighted by molar-refractivity contribution is 7.92. The third kappa shape index (κ3) is 4.70. The SMILES string of the molecule is O=C(N=Nc1cc(NS(=O)(=O)c2ccccc2)c2c(c1O)CC=CC2)c1cc(O)cc(O)c1. The number of fused-ring (bicyclic) bond motifs is 1.